The monoisotopic (exact) mass is 366 g/mol. The molecule has 2 aromatic rings. The number of piperazine rings is 1. The number of carbonyl (C=O) groups is 1. The fraction of sp³-hybridized carbons (Fsp3) is 0.400. The van der Waals surface area contributed by atoms with Crippen LogP contribution < -0.4 is 21.1 Å². The molecule has 0 saturated carbocycles. The largest absolute Gasteiger partial charge is 0.354 e. The number of nitrogens with one attached hydrogen (secondary N) is 3. The first kappa shape index (κ1) is 17.9. The topological polar surface area (TPSA) is 72.5 Å². The van der Waals surface area contributed by atoms with Crippen LogP contribution in [0, 0.1) is 5.92 Å². The standard InChI is InChI=1S/C20H26N6O/c1-25-9-11-26(12-10-25)18-8-7-16(13-21-18)23-20(27)17-14-22-24-19(17)15-5-3-2-4-6-15/h2-8,13,17,19,22,24H,9-12,14H2,1H3,(H,23,27). The Kier molecular flexibility index (Phi) is 5.33. The summed E-state index contributed by atoms with van der Waals surface area (Å²) in [4.78, 5) is 21.9. The highest BCUT2D eigenvalue weighted by molar-refractivity contribution is 5.93. The quantitative estimate of drug-likeness (QED) is 0.756. The molecule has 1 amide bonds. The lowest BCUT2D eigenvalue weighted by Gasteiger charge is -2.33. The molecule has 7 heteroatoms. The Bertz CT molecular complexity index is 758. The lowest BCUT2D eigenvalue weighted by atomic mass is 9.94. The Morgan fingerprint density at radius 3 is 2.59 bits per heavy atom. The Balaban J connectivity index is 1.39. The summed E-state index contributed by atoms with van der Waals surface area (Å²) in [5.74, 6) is 0.785. The number of hydrogen-bond acceptors (Lipinski definition) is 6. The van der Waals surface area contributed by atoms with Gasteiger partial charge < -0.3 is 15.1 Å². The van der Waals surface area contributed by atoms with Gasteiger partial charge in [-0.1, -0.05) is 30.3 Å². The van der Waals surface area contributed by atoms with E-state index >= 15 is 0 Å². The molecule has 3 N–H and O–H groups in total. The van der Waals surface area contributed by atoms with Crippen LogP contribution in [0.25, 0.3) is 0 Å². The number of amides is 1. The van der Waals surface area contributed by atoms with Crippen molar-refractivity contribution >= 4 is 17.4 Å². The van der Waals surface area contributed by atoms with Crippen LogP contribution in [0.5, 0.6) is 0 Å². The second kappa shape index (κ2) is 8.04. The van der Waals surface area contributed by atoms with Gasteiger partial charge in [-0.15, -0.1) is 0 Å². The highest BCUT2D eigenvalue weighted by atomic mass is 16.2. The molecular weight excluding hydrogens is 340 g/mol. The first-order chi connectivity index (χ1) is 13.2. The summed E-state index contributed by atoms with van der Waals surface area (Å²) in [5, 5.41) is 3.01. The fourth-order valence-corrected chi connectivity index (χ4v) is 3.63. The fourth-order valence-electron chi connectivity index (χ4n) is 3.63. The van der Waals surface area contributed by atoms with Gasteiger partial charge in [-0.3, -0.25) is 10.2 Å². The highest BCUT2D eigenvalue weighted by Gasteiger charge is 2.33. The van der Waals surface area contributed by atoms with Crippen molar-refractivity contribution in [2.45, 2.75) is 6.04 Å². The van der Waals surface area contributed by atoms with Gasteiger partial charge in [0.2, 0.25) is 5.91 Å². The number of anilines is 2. The Morgan fingerprint density at radius 1 is 1.11 bits per heavy atom. The maximum Gasteiger partial charge on any atom is 0.230 e. The van der Waals surface area contributed by atoms with Gasteiger partial charge in [-0.2, -0.15) is 0 Å². The van der Waals surface area contributed by atoms with Crippen molar-refractivity contribution in [2.75, 3.05) is 50.0 Å². The van der Waals surface area contributed by atoms with Gasteiger partial charge in [-0.05, 0) is 24.7 Å². The highest BCUT2D eigenvalue weighted by Crippen LogP contribution is 2.26. The number of hydrogen-bond donors (Lipinski definition) is 3. The maximum atomic E-state index is 12.8. The minimum atomic E-state index is -0.176. The summed E-state index contributed by atoms with van der Waals surface area (Å²) in [6, 6.07) is 13.9. The van der Waals surface area contributed by atoms with Crippen molar-refractivity contribution in [1.29, 1.82) is 0 Å². The molecule has 0 radical (unpaired) electrons. The van der Waals surface area contributed by atoms with E-state index in [-0.39, 0.29) is 17.9 Å². The van der Waals surface area contributed by atoms with Crippen molar-refractivity contribution in [2.24, 2.45) is 5.92 Å². The molecule has 142 valence electrons. The van der Waals surface area contributed by atoms with E-state index in [2.05, 4.69) is 38.0 Å². The molecule has 7 nitrogen and oxygen atoms in total. The van der Waals surface area contributed by atoms with E-state index in [1.165, 1.54) is 0 Å². The van der Waals surface area contributed by atoms with Gasteiger partial charge in [0, 0.05) is 32.7 Å². The molecule has 0 bridgehead atoms. The second-order valence-corrected chi connectivity index (χ2v) is 7.20. The number of pyridine rings is 1. The number of hydrazine groups is 1. The third-order valence-corrected chi connectivity index (χ3v) is 5.32. The van der Waals surface area contributed by atoms with Crippen molar-refractivity contribution < 1.29 is 4.79 Å². The van der Waals surface area contributed by atoms with Gasteiger partial charge in [0.1, 0.15) is 5.82 Å². The minimum absolute atomic E-state index is 0.00417. The van der Waals surface area contributed by atoms with Crippen LogP contribution in [0.15, 0.2) is 48.7 Å². The van der Waals surface area contributed by atoms with Crippen molar-refractivity contribution in [3.8, 4) is 0 Å². The zero-order chi connectivity index (χ0) is 18.6. The number of rotatable bonds is 4. The van der Waals surface area contributed by atoms with Crippen LogP contribution in [0.1, 0.15) is 11.6 Å². The van der Waals surface area contributed by atoms with E-state index in [4.69, 9.17) is 0 Å². The molecule has 2 atom stereocenters. The second-order valence-electron chi connectivity index (χ2n) is 7.20. The van der Waals surface area contributed by atoms with Crippen molar-refractivity contribution in [3.63, 3.8) is 0 Å². The molecule has 4 rings (SSSR count). The van der Waals surface area contributed by atoms with Gasteiger partial charge in [-0.25, -0.2) is 10.4 Å². The maximum absolute atomic E-state index is 12.8. The van der Waals surface area contributed by atoms with E-state index in [9.17, 15) is 4.79 Å². The zero-order valence-electron chi connectivity index (χ0n) is 15.6. The molecule has 1 aromatic heterocycles. The summed E-state index contributed by atoms with van der Waals surface area (Å²) < 4.78 is 0. The van der Waals surface area contributed by atoms with Crippen LogP contribution in [-0.4, -0.2) is 55.6 Å². The summed E-state index contributed by atoms with van der Waals surface area (Å²) >= 11 is 0. The van der Waals surface area contributed by atoms with Crippen molar-refractivity contribution in [3.05, 3.63) is 54.2 Å². The van der Waals surface area contributed by atoms with E-state index in [0.717, 1.165) is 43.2 Å². The molecular formula is C20H26N6O. The summed E-state index contributed by atoms with van der Waals surface area (Å²) in [7, 11) is 2.14. The summed E-state index contributed by atoms with van der Waals surface area (Å²) in [5.41, 5.74) is 8.15. The van der Waals surface area contributed by atoms with E-state index in [0.29, 0.717) is 6.54 Å². The number of carbonyl (C=O) groups excluding carboxylic acids is 1. The van der Waals surface area contributed by atoms with Crippen LogP contribution in [0.3, 0.4) is 0 Å². The van der Waals surface area contributed by atoms with Crippen LogP contribution in [0.4, 0.5) is 11.5 Å². The average Bonchev–Trinajstić information content (AvgIpc) is 3.20. The van der Waals surface area contributed by atoms with E-state index in [1.807, 2.05) is 42.5 Å². The SMILES string of the molecule is CN1CCN(c2ccc(NC(=O)C3CNNC3c3ccccc3)cn2)CC1. The number of nitrogens with zero attached hydrogens (tertiary/aromatic N) is 3. The molecule has 3 heterocycles. The lowest BCUT2D eigenvalue weighted by molar-refractivity contribution is -0.119. The average molecular weight is 366 g/mol. The molecule has 1 aromatic carbocycles. The lowest BCUT2D eigenvalue weighted by Crippen LogP contribution is -2.44. The van der Waals surface area contributed by atoms with E-state index in [1.54, 1.807) is 6.20 Å². The summed E-state index contributed by atoms with van der Waals surface area (Å²) in [6.45, 7) is 4.64. The van der Waals surface area contributed by atoms with Crippen LogP contribution >= 0.6 is 0 Å². The molecule has 2 saturated heterocycles. The number of likely N-dealkylation sites (N-methyl/N-ethyl adjacent to an activating group) is 1. The van der Waals surface area contributed by atoms with E-state index < -0.39 is 0 Å². The predicted molar refractivity (Wildman–Crippen MR) is 106 cm³/mol. The van der Waals surface area contributed by atoms with Crippen LogP contribution in [-0.2, 0) is 4.79 Å². The zero-order valence-corrected chi connectivity index (χ0v) is 15.6. The molecule has 27 heavy (non-hydrogen) atoms. The normalized spacial score (nSPS) is 23.4. The van der Waals surface area contributed by atoms with Gasteiger partial charge in [0.15, 0.2) is 0 Å². The molecule has 2 unspecified atom stereocenters. The first-order valence-corrected chi connectivity index (χ1v) is 9.44. The number of aromatic nitrogens is 1. The Morgan fingerprint density at radius 2 is 1.89 bits per heavy atom. The third-order valence-electron chi connectivity index (χ3n) is 5.32. The van der Waals surface area contributed by atoms with Crippen LogP contribution in [0.2, 0.25) is 0 Å². The molecule has 0 aliphatic carbocycles. The first-order valence-electron chi connectivity index (χ1n) is 9.44. The predicted octanol–water partition coefficient (Wildman–Crippen LogP) is 1.24. The smallest absolute Gasteiger partial charge is 0.230 e. The van der Waals surface area contributed by atoms with Gasteiger partial charge in [0.05, 0.1) is 23.8 Å². The van der Waals surface area contributed by atoms with Crippen molar-refractivity contribution in [1.82, 2.24) is 20.7 Å². The Labute approximate surface area is 159 Å². The summed E-state index contributed by atoms with van der Waals surface area (Å²) in [6.07, 6.45) is 1.75. The molecule has 0 spiro atoms. The minimum Gasteiger partial charge on any atom is -0.354 e. The van der Waals surface area contributed by atoms with Gasteiger partial charge in [0.25, 0.3) is 0 Å². The Hall–Kier alpha value is -2.48. The third kappa shape index (κ3) is 4.10. The molecule has 2 aliphatic heterocycles. The van der Waals surface area contributed by atoms with Gasteiger partial charge >= 0.3 is 0 Å². The molecule has 2 aliphatic rings. The molecule has 2 fully saturated rings. The number of benzene rings is 1.